The summed E-state index contributed by atoms with van der Waals surface area (Å²) in [6, 6.07) is 15.0. The van der Waals surface area contributed by atoms with Crippen LogP contribution in [-0.4, -0.2) is 41.0 Å². The fourth-order valence-corrected chi connectivity index (χ4v) is 3.45. The maximum absolute atomic E-state index is 12.9. The van der Waals surface area contributed by atoms with Crippen molar-refractivity contribution in [3.8, 4) is 22.9 Å². The Kier molecular flexibility index (Phi) is 5.56. The van der Waals surface area contributed by atoms with Crippen LogP contribution in [0, 0.1) is 0 Å². The summed E-state index contributed by atoms with van der Waals surface area (Å²) < 4.78 is 13.7. The van der Waals surface area contributed by atoms with Gasteiger partial charge in [-0.1, -0.05) is 36.4 Å². The first-order valence-corrected chi connectivity index (χ1v) is 9.88. The predicted octanol–water partition coefficient (Wildman–Crippen LogP) is 2.49. The van der Waals surface area contributed by atoms with Gasteiger partial charge in [-0.15, -0.1) is 5.10 Å². The van der Waals surface area contributed by atoms with Crippen LogP contribution < -0.4 is 20.5 Å². The van der Waals surface area contributed by atoms with Gasteiger partial charge in [0, 0.05) is 18.2 Å². The van der Waals surface area contributed by atoms with E-state index in [0.717, 1.165) is 18.4 Å². The Morgan fingerprint density at radius 3 is 2.53 bits per heavy atom. The van der Waals surface area contributed by atoms with Gasteiger partial charge in [-0.25, -0.2) is 9.48 Å². The number of carbonyl (C=O) groups is 1. The Labute approximate surface area is 174 Å². The minimum atomic E-state index is -0.302. The first kappa shape index (κ1) is 19.8. The zero-order valence-electron chi connectivity index (χ0n) is 17.0. The molecule has 1 aliphatic rings. The van der Waals surface area contributed by atoms with Gasteiger partial charge in [0.25, 0.3) is 5.91 Å². The van der Waals surface area contributed by atoms with Crippen LogP contribution in [0.4, 0.5) is 0 Å². The van der Waals surface area contributed by atoms with E-state index < -0.39 is 0 Å². The quantitative estimate of drug-likeness (QED) is 0.619. The molecule has 2 aromatic carbocycles. The number of amides is 1. The van der Waals surface area contributed by atoms with Crippen molar-refractivity contribution in [2.24, 2.45) is 0 Å². The smallest absolute Gasteiger partial charge is 0.346 e. The molecule has 0 saturated heterocycles. The highest BCUT2D eigenvalue weighted by molar-refractivity contribution is 5.97. The molecule has 1 heterocycles. The first-order valence-electron chi connectivity index (χ1n) is 9.88. The number of hydrogen-bond acceptors (Lipinski definition) is 5. The van der Waals surface area contributed by atoms with Gasteiger partial charge in [-0.2, -0.15) is 0 Å². The second-order valence-corrected chi connectivity index (χ2v) is 7.09. The monoisotopic (exact) mass is 408 g/mol. The van der Waals surface area contributed by atoms with Crippen molar-refractivity contribution in [1.82, 2.24) is 19.7 Å². The lowest BCUT2D eigenvalue weighted by atomic mass is 10.1. The van der Waals surface area contributed by atoms with Crippen LogP contribution in [0.1, 0.15) is 29.2 Å². The largest absolute Gasteiger partial charge is 0.493 e. The highest BCUT2D eigenvalue weighted by atomic mass is 16.5. The molecular formula is C22H24N4O4. The number of carbonyl (C=O) groups excluding carboxylic acids is 1. The second-order valence-electron chi connectivity index (χ2n) is 7.09. The average Bonchev–Trinajstić information content (AvgIpc) is 3.57. The van der Waals surface area contributed by atoms with Gasteiger partial charge < -0.3 is 14.8 Å². The standard InChI is InChI=1S/C22H24N4O4/c1-29-18-10-6-9-17(19(18)30-2)21(27)23-13-14-25-22(28)26(16-11-12-16)20(24-25)15-7-4-3-5-8-15/h3-10,16H,11-14H2,1-2H3,(H,23,27). The Morgan fingerprint density at radius 2 is 1.87 bits per heavy atom. The fraction of sp³-hybridized carbons (Fsp3) is 0.318. The van der Waals surface area contributed by atoms with Gasteiger partial charge in [0.05, 0.1) is 26.3 Å². The molecule has 0 radical (unpaired) electrons. The molecule has 156 valence electrons. The number of nitrogens with zero attached hydrogens (tertiary/aromatic N) is 3. The summed E-state index contributed by atoms with van der Waals surface area (Å²) >= 11 is 0. The van der Waals surface area contributed by atoms with Crippen molar-refractivity contribution in [3.63, 3.8) is 0 Å². The van der Waals surface area contributed by atoms with E-state index in [1.807, 2.05) is 30.3 Å². The maximum Gasteiger partial charge on any atom is 0.346 e. The number of rotatable bonds is 8. The molecule has 3 aromatic rings. The van der Waals surface area contributed by atoms with E-state index in [2.05, 4.69) is 10.4 Å². The molecule has 1 aliphatic carbocycles. The Balaban J connectivity index is 1.50. The van der Waals surface area contributed by atoms with E-state index >= 15 is 0 Å². The predicted molar refractivity (Wildman–Crippen MR) is 112 cm³/mol. The highest BCUT2D eigenvalue weighted by Gasteiger charge is 2.30. The molecule has 0 atom stereocenters. The van der Waals surface area contributed by atoms with Gasteiger partial charge in [-0.3, -0.25) is 9.36 Å². The maximum atomic E-state index is 12.9. The van der Waals surface area contributed by atoms with E-state index in [-0.39, 0.29) is 30.7 Å². The van der Waals surface area contributed by atoms with E-state index in [1.165, 1.54) is 18.9 Å². The molecule has 1 amide bonds. The van der Waals surface area contributed by atoms with Crippen LogP contribution in [-0.2, 0) is 6.54 Å². The Hall–Kier alpha value is -3.55. The minimum Gasteiger partial charge on any atom is -0.493 e. The molecule has 1 saturated carbocycles. The summed E-state index contributed by atoms with van der Waals surface area (Å²) in [4.78, 5) is 25.5. The molecular weight excluding hydrogens is 384 g/mol. The molecule has 1 N–H and O–H groups in total. The molecule has 4 rings (SSSR count). The third kappa shape index (κ3) is 3.80. The number of ether oxygens (including phenoxy) is 2. The van der Waals surface area contributed by atoms with E-state index in [0.29, 0.717) is 22.9 Å². The molecule has 1 fully saturated rings. The van der Waals surface area contributed by atoms with Gasteiger partial charge in [0.2, 0.25) is 0 Å². The lowest BCUT2D eigenvalue weighted by molar-refractivity contribution is 0.0948. The zero-order chi connectivity index (χ0) is 21.1. The third-order valence-electron chi connectivity index (χ3n) is 5.07. The van der Waals surface area contributed by atoms with Crippen molar-refractivity contribution < 1.29 is 14.3 Å². The number of hydrogen-bond donors (Lipinski definition) is 1. The van der Waals surface area contributed by atoms with Gasteiger partial charge in [-0.05, 0) is 25.0 Å². The van der Waals surface area contributed by atoms with Crippen molar-refractivity contribution >= 4 is 5.91 Å². The molecule has 0 spiro atoms. The first-order chi connectivity index (χ1) is 14.6. The summed E-state index contributed by atoms with van der Waals surface area (Å²) in [6.45, 7) is 0.533. The number of methoxy groups -OCH3 is 2. The average molecular weight is 408 g/mol. The van der Waals surface area contributed by atoms with Crippen LogP contribution in [0.5, 0.6) is 11.5 Å². The van der Waals surface area contributed by atoms with Gasteiger partial charge in [0.1, 0.15) is 0 Å². The summed E-state index contributed by atoms with van der Waals surface area (Å²) in [5, 5.41) is 7.37. The van der Waals surface area contributed by atoms with Crippen LogP contribution in [0.3, 0.4) is 0 Å². The van der Waals surface area contributed by atoms with Crippen molar-refractivity contribution in [2.75, 3.05) is 20.8 Å². The Morgan fingerprint density at radius 1 is 1.10 bits per heavy atom. The van der Waals surface area contributed by atoms with Crippen LogP contribution in [0.15, 0.2) is 53.3 Å². The number of para-hydroxylation sites is 1. The molecule has 0 unspecified atom stereocenters. The van der Waals surface area contributed by atoms with E-state index in [9.17, 15) is 9.59 Å². The summed E-state index contributed by atoms with van der Waals surface area (Å²) in [7, 11) is 3.01. The van der Waals surface area contributed by atoms with Crippen LogP contribution >= 0.6 is 0 Å². The third-order valence-corrected chi connectivity index (χ3v) is 5.07. The molecule has 0 aliphatic heterocycles. The second kappa shape index (κ2) is 8.44. The van der Waals surface area contributed by atoms with Crippen molar-refractivity contribution in [1.29, 1.82) is 0 Å². The van der Waals surface area contributed by atoms with Crippen LogP contribution in [0.2, 0.25) is 0 Å². The van der Waals surface area contributed by atoms with Gasteiger partial charge >= 0.3 is 5.69 Å². The number of aromatic nitrogens is 3. The van der Waals surface area contributed by atoms with E-state index in [1.54, 1.807) is 22.8 Å². The lowest BCUT2D eigenvalue weighted by Gasteiger charge is -2.12. The summed E-state index contributed by atoms with van der Waals surface area (Å²) in [6.07, 6.45) is 1.97. The van der Waals surface area contributed by atoms with Gasteiger partial charge in [0.15, 0.2) is 17.3 Å². The van der Waals surface area contributed by atoms with E-state index in [4.69, 9.17) is 9.47 Å². The minimum absolute atomic E-state index is 0.149. The molecule has 1 aromatic heterocycles. The summed E-state index contributed by atoms with van der Waals surface area (Å²) in [5.41, 5.74) is 1.13. The zero-order valence-corrected chi connectivity index (χ0v) is 17.0. The fourth-order valence-electron chi connectivity index (χ4n) is 3.45. The molecule has 0 bridgehead atoms. The highest BCUT2D eigenvalue weighted by Crippen LogP contribution is 2.36. The van der Waals surface area contributed by atoms with Crippen molar-refractivity contribution in [2.45, 2.75) is 25.4 Å². The lowest BCUT2D eigenvalue weighted by Crippen LogP contribution is -2.32. The number of nitrogens with one attached hydrogen (secondary N) is 1. The number of benzene rings is 2. The topological polar surface area (TPSA) is 87.4 Å². The van der Waals surface area contributed by atoms with Crippen molar-refractivity contribution in [3.05, 3.63) is 64.6 Å². The normalized spacial score (nSPS) is 13.1. The molecule has 8 nitrogen and oxygen atoms in total. The van der Waals surface area contributed by atoms with Crippen LogP contribution in [0.25, 0.3) is 11.4 Å². The Bertz CT molecular complexity index is 1100. The molecule has 30 heavy (non-hydrogen) atoms. The SMILES string of the molecule is COc1cccc(C(=O)NCCn2nc(-c3ccccc3)n(C3CC3)c2=O)c1OC. The summed E-state index contributed by atoms with van der Waals surface area (Å²) in [5.74, 6) is 1.23. The molecule has 8 heteroatoms.